The van der Waals surface area contributed by atoms with Crippen LogP contribution in [0.5, 0.6) is 5.75 Å². The number of nitro groups is 1. The van der Waals surface area contributed by atoms with E-state index in [4.69, 9.17) is 9.84 Å². The van der Waals surface area contributed by atoms with Crippen LogP contribution in [0, 0.1) is 15.9 Å². The Bertz CT molecular complexity index is 498. The van der Waals surface area contributed by atoms with Gasteiger partial charge in [0.05, 0.1) is 22.7 Å². The molecule has 90 valence electrons. The van der Waals surface area contributed by atoms with Crippen LogP contribution in [0.15, 0.2) is 12.1 Å². The van der Waals surface area contributed by atoms with E-state index in [0.717, 1.165) is 18.9 Å². The van der Waals surface area contributed by atoms with Gasteiger partial charge >= 0.3 is 11.7 Å². The molecule has 0 unspecified atom stereocenters. The summed E-state index contributed by atoms with van der Waals surface area (Å²) in [6.07, 6.45) is 1.38. The zero-order valence-electron chi connectivity index (χ0n) is 8.55. The van der Waals surface area contributed by atoms with E-state index in [0.29, 0.717) is 6.07 Å². The summed E-state index contributed by atoms with van der Waals surface area (Å²) in [5.41, 5.74) is -1.19. The molecule has 0 atom stereocenters. The first-order valence-corrected chi connectivity index (χ1v) is 4.87. The maximum atomic E-state index is 13.3. The van der Waals surface area contributed by atoms with Crippen LogP contribution in [0.3, 0.4) is 0 Å². The number of aromatic carboxylic acids is 1. The molecule has 0 spiro atoms. The first-order valence-electron chi connectivity index (χ1n) is 4.87. The minimum absolute atomic E-state index is 0.138. The third-order valence-corrected chi connectivity index (χ3v) is 2.29. The maximum Gasteiger partial charge on any atom is 0.338 e. The van der Waals surface area contributed by atoms with Crippen molar-refractivity contribution in [2.75, 3.05) is 0 Å². The Morgan fingerprint density at radius 2 is 2.18 bits per heavy atom. The maximum absolute atomic E-state index is 13.3. The van der Waals surface area contributed by atoms with Gasteiger partial charge in [0.25, 0.3) is 0 Å². The number of nitro benzene ring substituents is 1. The first kappa shape index (κ1) is 11.3. The summed E-state index contributed by atoms with van der Waals surface area (Å²) in [5.74, 6) is -2.83. The third kappa shape index (κ3) is 2.32. The first-order chi connectivity index (χ1) is 7.99. The highest BCUT2D eigenvalue weighted by atomic mass is 19.1. The molecule has 7 heteroatoms. The van der Waals surface area contributed by atoms with Crippen LogP contribution in [-0.4, -0.2) is 22.1 Å². The Hall–Kier alpha value is -2.18. The van der Waals surface area contributed by atoms with E-state index in [1.54, 1.807) is 0 Å². The lowest BCUT2D eigenvalue weighted by molar-refractivity contribution is -0.386. The summed E-state index contributed by atoms with van der Waals surface area (Å²) >= 11 is 0. The summed E-state index contributed by atoms with van der Waals surface area (Å²) in [7, 11) is 0. The van der Waals surface area contributed by atoms with Gasteiger partial charge in [-0.3, -0.25) is 10.1 Å². The number of hydrogen-bond acceptors (Lipinski definition) is 4. The van der Waals surface area contributed by atoms with Gasteiger partial charge in [-0.15, -0.1) is 0 Å². The number of carbonyl (C=O) groups is 1. The molecule has 0 saturated heterocycles. The smallest absolute Gasteiger partial charge is 0.338 e. The van der Waals surface area contributed by atoms with Crippen molar-refractivity contribution in [1.29, 1.82) is 0 Å². The highest BCUT2D eigenvalue weighted by Crippen LogP contribution is 2.35. The summed E-state index contributed by atoms with van der Waals surface area (Å²) in [4.78, 5) is 20.6. The molecule has 1 aliphatic carbocycles. The van der Waals surface area contributed by atoms with Crippen molar-refractivity contribution in [3.63, 3.8) is 0 Å². The van der Waals surface area contributed by atoms with Gasteiger partial charge in [-0.25, -0.2) is 9.18 Å². The monoisotopic (exact) mass is 241 g/mol. The second-order valence-electron chi connectivity index (χ2n) is 3.68. The molecular weight excluding hydrogens is 233 g/mol. The molecule has 1 aromatic carbocycles. The number of rotatable bonds is 4. The predicted molar refractivity (Wildman–Crippen MR) is 53.7 cm³/mol. The van der Waals surface area contributed by atoms with E-state index in [9.17, 15) is 19.3 Å². The van der Waals surface area contributed by atoms with Crippen LogP contribution in [0.2, 0.25) is 0 Å². The van der Waals surface area contributed by atoms with Crippen LogP contribution in [0.1, 0.15) is 23.2 Å². The van der Waals surface area contributed by atoms with Crippen molar-refractivity contribution in [3.05, 3.63) is 33.6 Å². The number of nitrogens with zero attached hydrogens (tertiary/aromatic N) is 1. The lowest BCUT2D eigenvalue weighted by atomic mass is 10.2. The zero-order valence-corrected chi connectivity index (χ0v) is 8.55. The fraction of sp³-hybridized carbons (Fsp3) is 0.300. The minimum Gasteiger partial charge on any atom is -0.483 e. The normalized spacial score (nSPS) is 14.4. The topological polar surface area (TPSA) is 89.7 Å². The van der Waals surface area contributed by atoms with Crippen LogP contribution in [0.25, 0.3) is 0 Å². The van der Waals surface area contributed by atoms with E-state index in [1.807, 2.05) is 0 Å². The number of ether oxygens (including phenoxy) is 1. The SMILES string of the molecule is O=C(O)c1cc(OC2CC2)c([N+](=O)[O-])cc1F. The van der Waals surface area contributed by atoms with Gasteiger partial charge in [-0.1, -0.05) is 0 Å². The molecule has 1 aromatic rings. The van der Waals surface area contributed by atoms with Crippen molar-refractivity contribution < 1.29 is 24.0 Å². The fourth-order valence-electron chi connectivity index (χ4n) is 1.31. The molecule has 2 rings (SSSR count). The molecule has 1 aliphatic rings. The number of benzene rings is 1. The molecule has 6 nitrogen and oxygen atoms in total. The van der Waals surface area contributed by atoms with Gasteiger partial charge in [-0.2, -0.15) is 0 Å². The summed E-state index contributed by atoms with van der Waals surface area (Å²) in [6.45, 7) is 0. The van der Waals surface area contributed by atoms with Crippen molar-refractivity contribution in [3.8, 4) is 5.75 Å². The molecule has 0 heterocycles. The van der Waals surface area contributed by atoms with Crippen molar-refractivity contribution >= 4 is 11.7 Å². The van der Waals surface area contributed by atoms with E-state index in [2.05, 4.69) is 0 Å². The highest BCUT2D eigenvalue weighted by molar-refractivity contribution is 5.89. The standard InChI is InChI=1S/C10H8FNO5/c11-7-4-8(12(15)16)9(17-5-1-2-5)3-6(7)10(13)14/h3-5H,1-2H2,(H,13,14). The van der Waals surface area contributed by atoms with E-state index in [1.165, 1.54) is 0 Å². The Kier molecular flexibility index (Phi) is 2.66. The minimum atomic E-state index is -1.49. The van der Waals surface area contributed by atoms with Crippen molar-refractivity contribution in [1.82, 2.24) is 0 Å². The van der Waals surface area contributed by atoms with Gasteiger partial charge in [-0.05, 0) is 12.8 Å². The fourth-order valence-corrected chi connectivity index (χ4v) is 1.31. The highest BCUT2D eigenvalue weighted by Gasteiger charge is 2.29. The number of halogens is 1. The molecule has 0 bridgehead atoms. The third-order valence-electron chi connectivity index (χ3n) is 2.29. The Labute approximate surface area is 94.8 Å². The second-order valence-corrected chi connectivity index (χ2v) is 3.68. The van der Waals surface area contributed by atoms with Gasteiger partial charge < -0.3 is 9.84 Å². The molecule has 0 aliphatic heterocycles. The van der Waals surface area contributed by atoms with Crippen molar-refractivity contribution in [2.45, 2.75) is 18.9 Å². The number of carboxylic acid groups (broad SMARTS) is 1. The average molecular weight is 241 g/mol. The Morgan fingerprint density at radius 3 is 2.65 bits per heavy atom. The summed E-state index contributed by atoms with van der Waals surface area (Å²) in [6, 6.07) is 1.43. The average Bonchev–Trinajstić information content (AvgIpc) is 3.03. The summed E-state index contributed by atoms with van der Waals surface area (Å²) < 4.78 is 18.4. The van der Waals surface area contributed by atoms with Gasteiger partial charge in [0, 0.05) is 6.07 Å². The Balaban J connectivity index is 2.46. The predicted octanol–water partition coefficient (Wildman–Crippen LogP) is 1.97. The van der Waals surface area contributed by atoms with E-state index in [-0.39, 0.29) is 11.9 Å². The molecule has 1 N–H and O–H groups in total. The molecular formula is C10H8FNO5. The van der Waals surface area contributed by atoms with Crippen LogP contribution in [-0.2, 0) is 0 Å². The number of carboxylic acids is 1. The lowest BCUT2D eigenvalue weighted by Gasteiger charge is -2.06. The quantitative estimate of drug-likeness (QED) is 0.642. The van der Waals surface area contributed by atoms with Crippen LogP contribution < -0.4 is 4.74 Å². The molecule has 17 heavy (non-hydrogen) atoms. The van der Waals surface area contributed by atoms with E-state index >= 15 is 0 Å². The Morgan fingerprint density at radius 1 is 1.53 bits per heavy atom. The van der Waals surface area contributed by atoms with Crippen LogP contribution in [0.4, 0.5) is 10.1 Å². The molecule has 1 saturated carbocycles. The molecule has 0 amide bonds. The second kappa shape index (κ2) is 4.00. The lowest BCUT2D eigenvalue weighted by Crippen LogP contribution is -2.06. The van der Waals surface area contributed by atoms with Gasteiger partial charge in [0.15, 0.2) is 5.75 Å². The molecule has 1 fully saturated rings. The van der Waals surface area contributed by atoms with Crippen LogP contribution >= 0.6 is 0 Å². The number of hydrogen-bond donors (Lipinski definition) is 1. The van der Waals surface area contributed by atoms with E-state index < -0.39 is 28.0 Å². The largest absolute Gasteiger partial charge is 0.483 e. The molecule has 0 radical (unpaired) electrons. The summed E-state index contributed by atoms with van der Waals surface area (Å²) in [5, 5.41) is 19.4. The van der Waals surface area contributed by atoms with Gasteiger partial charge in [0.1, 0.15) is 5.82 Å². The zero-order chi connectivity index (χ0) is 12.6. The van der Waals surface area contributed by atoms with Gasteiger partial charge in [0.2, 0.25) is 0 Å². The molecule has 0 aromatic heterocycles. The van der Waals surface area contributed by atoms with Crippen molar-refractivity contribution in [2.24, 2.45) is 0 Å².